The predicted octanol–water partition coefficient (Wildman–Crippen LogP) is 3.92. The molecular weight excluding hydrogens is 495 g/mol. The van der Waals surface area contributed by atoms with E-state index in [1.54, 1.807) is 17.5 Å². The van der Waals surface area contributed by atoms with Crippen LogP contribution in [0.15, 0.2) is 48.0 Å². The van der Waals surface area contributed by atoms with Crippen LogP contribution in [-0.4, -0.2) is 33.6 Å². The highest BCUT2D eigenvalue weighted by atomic mass is 127. The van der Waals surface area contributed by atoms with Crippen molar-refractivity contribution in [3.8, 4) is 0 Å². The molecule has 3 aromatic rings. The molecule has 0 aliphatic rings. The van der Waals surface area contributed by atoms with E-state index in [1.165, 1.54) is 21.0 Å². The summed E-state index contributed by atoms with van der Waals surface area (Å²) in [6, 6.07) is 8.58. The van der Waals surface area contributed by atoms with Crippen molar-refractivity contribution in [1.29, 1.82) is 0 Å². The second-order valence-corrected chi connectivity index (χ2v) is 7.96. The third kappa shape index (κ3) is 7.43. The van der Waals surface area contributed by atoms with Crippen LogP contribution in [0.25, 0.3) is 0 Å². The van der Waals surface area contributed by atoms with Crippen LogP contribution in [0.2, 0.25) is 0 Å². The molecule has 0 bridgehead atoms. The molecule has 0 saturated heterocycles. The van der Waals surface area contributed by atoms with Gasteiger partial charge in [-0.3, -0.25) is 0 Å². The SMILES string of the molecule is CCNC(=NCc1ccc(Cn2ccnc2)cc1)NCCc1nc(C)c(C)s1.I. The molecule has 0 unspecified atom stereocenters. The number of aryl methyl sites for hydroxylation is 2. The Kier molecular flexibility index (Phi) is 9.59. The number of benzene rings is 1. The minimum absolute atomic E-state index is 0. The molecule has 2 aromatic heterocycles. The number of aliphatic imine (C=N–C) groups is 1. The average molecular weight is 524 g/mol. The highest BCUT2D eigenvalue weighted by Gasteiger charge is 2.04. The summed E-state index contributed by atoms with van der Waals surface area (Å²) in [4.78, 5) is 14.7. The molecule has 3 rings (SSSR count). The zero-order valence-corrected chi connectivity index (χ0v) is 20.3. The smallest absolute Gasteiger partial charge is 0.191 e. The first kappa shape index (κ1) is 23.3. The van der Waals surface area contributed by atoms with Crippen molar-refractivity contribution in [2.45, 2.75) is 40.3 Å². The average Bonchev–Trinajstić information content (AvgIpc) is 3.31. The van der Waals surface area contributed by atoms with Gasteiger partial charge in [-0.2, -0.15) is 0 Å². The summed E-state index contributed by atoms with van der Waals surface area (Å²) in [5, 5.41) is 7.89. The minimum Gasteiger partial charge on any atom is -0.357 e. The van der Waals surface area contributed by atoms with Gasteiger partial charge in [-0.25, -0.2) is 15.0 Å². The summed E-state index contributed by atoms with van der Waals surface area (Å²) >= 11 is 1.77. The van der Waals surface area contributed by atoms with Crippen molar-refractivity contribution in [3.05, 3.63) is 69.7 Å². The standard InChI is InChI=1S/C21H28N6S.HI/c1-4-23-21(24-10-9-20-26-16(2)17(3)28-20)25-13-18-5-7-19(8-6-18)14-27-12-11-22-15-27;/h5-8,11-12,15H,4,9-10,13-14H2,1-3H3,(H2,23,24,25);1H. The molecule has 6 nitrogen and oxygen atoms in total. The van der Waals surface area contributed by atoms with Crippen LogP contribution in [0.5, 0.6) is 0 Å². The van der Waals surface area contributed by atoms with Gasteiger partial charge in [-0.05, 0) is 31.9 Å². The van der Waals surface area contributed by atoms with Gasteiger partial charge in [0.05, 0.1) is 23.6 Å². The first-order valence-electron chi connectivity index (χ1n) is 9.62. The van der Waals surface area contributed by atoms with E-state index in [9.17, 15) is 0 Å². The molecule has 156 valence electrons. The Labute approximate surface area is 193 Å². The Morgan fingerprint density at radius 1 is 1.14 bits per heavy atom. The monoisotopic (exact) mass is 524 g/mol. The van der Waals surface area contributed by atoms with Crippen molar-refractivity contribution < 1.29 is 0 Å². The Balaban J connectivity index is 0.00000300. The number of hydrogen-bond donors (Lipinski definition) is 2. The molecule has 8 heteroatoms. The fourth-order valence-electron chi connectivity index (χ4n) is 2.79. The molecule has 0 atom stereocenters. The van der Waals surface area contributed by atoms with Crippen LogP contribution in [0.4, 0.5) is 0 Å². The fourth-order valence-corrected chi connectivity index (χ4v) is 3.72. The molecule has 0 spiro atoms. The largest absolute Gasteiger partial charge is 0.357 e. The van der Waals surface area contributed by atoms with Crippen molar-refractivity contribution in [2.75, 3.05) is 13.1 Å². The maximum absolute atomic E-state index is 4.71. The van der Waals surface area contributed by atoms with E-state index in [4.69, 9.17) is 4.99 Å². The summed E-state index contributed by atoms with van der Waals surface area (Å²) in [7, 11) is 0. The van der Waals surface area contributed by atoms with Crippen molar-refractivity contribution >= 4 is 41.3 Å². The van der Waals surface area contributed by atoms with Gasteiger partial charge in [0, 0.05) is 43.3 Å². The summed E-state index contributed by atoms with van der Waals surface area (Å²) in [6.07, 6.45) is 6.52. The molecule has 2 heterocycles. The zero-order chi connectivity index (χ0) is 19.8. The normalized spacial score (nSPS) is 11.2. The van der Waals surface area contributed by atoms with Gasteiger partial charge in [0.2, 0.25) is 0 Å². The third-order valence-electron chi connectivity index (χ3n) is 4.42. The molecular formula is C21H29IN6S. The highest BCUT2D eigenvalue weighted by molar-refractivity contribution is 14.0. The van der Waals surface area contributed by atoms with Crippen molar-refractivity contribution in [3.63, 3.8) is 0 Å². The first-order valence-corrected chi connectivity index (χ1v) is 10.4. The Morgan fingerprint density at radius 3 is 2.52 bits per heavy atom. The van der Waals surface area contributed by atoms with Crippen molar-refractivity contribution in [1.82, 2.24) is 25.2 Å². The number of imidazole rings is 1. The number of nitrogens with one attached hydrogen (secondary N) is 2. The number of rotatable bonds is 8. The minimum atomic E-state index is 0. The maximum atomic E-state index is 4.71. The highest BCUT2D eigenvalue weighted by Crippen LogP contribution is 2.16. The molecule has 2 N–H and O–H groups in total. The van der Waals surface area contributed by atoms with E-state index in [0.717, 1.165) is 37.7 Å². The lowest BCUT2D eigenvalue weighted by Crippen LogP contribution is -2.38. The van der Waals surface area contributed by atoms with Crippen LogP contribution in [0.1, 0.15) is 33.6 Å². The molecule has 0 saturated carbocycles. The van der Waals surface area contributed by atoms with E-state index in [2.05, 4.69) is 70.2 Å². The van der Waals surface area contributed by atoms with E-state index >= 15 is 0 Å². The summed E-state index contributed by atoms with van der Waals surface area (Å²) in [5.41, 5.74) is 3.58. The van der Waals surface area contributed by atoms with E-state index in [-0.39, 0.29) is 24.0 Å². The van der Waals surface area contributed by atoms with Gasteiger partial charge >= 0.3 is 0 Å². The summed E-state index contributed by atoms with van der Waals surface area (Å²) in [6.45, 7) is 9.41. The molecule has 1 aromatic carbocycles. The number of halogens is 1. The van der Waals surface area contributed by atoms with E-state index < -0.39 is 0 Å². The fraction of sp³-hybridized carbons (Fsp3) is 0.381. The van der Waals surface area contributed by atoms with Gasteiger partial charge < -0.3 is 15.2 Å². The predicted molar refractivity (Wildman–Crippen MR) is 131 cm³/mol. The first-order chi connectivity index (χ1) is 13.6. The van der Waals surface area contributed by atoms with Crippen LogP contribution in [-0.2, 0) is 19.5 Å². The van der Waals surface area contributed by atoms with E-state index in [0.29, 0.717) is 6.54 Å². The van der Waals surface area contributed by atoms with Gasteiger partial charge in [-0.1, -0.05) is 24.3 Å². The zero-order valence-electron chi connectivity index (χ0n) is 17.2. The molecule has 0 aliphatic carbocycles. The van der Waals surface area contributed by atoms with Gasteiger partial charge in [0.25, 0.3) is 0 Å². The lowest BCUT2D eigenvalue weighted by molar-refractivity contribution is 0.792. The van der Waals surface area contributed by atoms with Gasteiger partial charge in [0.1, 0.15) is 0 Å². The van der Waals surface area contributed by atoms with Crippen LogP contribution in [0, 0.1) is 13.8 Å². The molecule has 0 radical (unpaired) electrons. The Morgan fingerprint density at radius 2 is 1.90 bits per heavy atom. The maximum Gasteiger partial charge on any atom is 0.191 e. The molecule has 0 fully saturated rings. The van der Waals surface area contributed by atoms with Crippen molar-refractivity contribution in [2.24, 2.45) is 4.99 Å². The quantitative estimate of drug-likeness (QED) is 0.266. The molecule has 0 aliphatic heterocycles. The Hall–Kier alpha value is -1.94. The van der Waals surface area contributed by atoms with Crippen LogP contribution in [0.3, 0.4) is 0 Å². The van der Waals surface area contributed by atoms with Crippen LogP contribution < -0.4 is 10.6 Å². The van der Waals surface area contributed by atoms with Crippen LogP contribution >= 0.6 is 35.3 Å². The molecule has 0 amide bonds. The summed E-state index contributed by atoms with van der Waals surface area (Å²) in [5.74, 6) is 0.843. The lowest BCUT2D eigenvalue weighted by atomic mass is 10.1. The molecule has 29 heavy (non-hydrogen) atoms. The number of nitrogens with zero attached hydrogens (tertiary/aromatic N) is 4. The number of guanidine groups is 1. The second-order valence-electron chi connectivity index (χ2n) is 6.67. The topological polar surface area (TPSA) is 67.1 Å². The van der Waals surface area contributed by atoms with Gasteiger partial charge in [0.15, 0.2) is 5.96 Å². The number of aromatic nitrogens is 3. The summed E-state index contributed by atoms with van der Waals surface area (Å²) < 4.78 is 2.06. The third-order valence-corrected chi connectivity index (χ3v) is 5.55. The Bertz CT molecular complexity index is 867. The number of thiazole rings is 1. The van der Waals surface area contributed by atoms with E-state index in [1.807, 2.05) is 12.5 Å². The number of hydrogen-bond acceptors (Lipinski definition) is 4. The van der Waals surface area contributed by atoms with Gasteiger partial charge in [-0.15, -0.1) is 35.3 Å². The lowest BCUT2D eigenvalue weighted by Gasteiger charge is -2.11. The second kappa shape index (κ2) is 11.9.